The lowest BCUT2D eigenvalue weighted by molar-refractivity contribution is 0.103. The molecule has 0 amide bonds. The fourth-order valence-electron chi connectivity index (χ4n) is 1.43. The van der Waals surface area contributed by atoms with Crippen LogP contribution in [0.3, 0.4) is 0 Å². The third-order valence-electron chi connectivity index (χ3n) is 2.20. The first-order chi connectivity index (χ1) is 8.11. The lowest BCUT2D eigenvalue weighted by Gasteiger charge is -2.06. The summed E-state index contributed by atoms with van der Waals surface area (Å²) in [4.78, 5) is 13.0. The molecular formula is C12H8Br2O2S. The molecule has 1 heterocycles. The van der Waals surface area contributed by atoms with E-state index in [9.17, 15) is 4.79 Å². The molecule has 0 spiro atoms. The van der Waals surface area contributed by atoms with Gasteiger partial charge < -0.3 is 4.74 Å². The number of methoxy groups -OCH3 is 1. The summed E-state index contributed by atoms with van der Waals surface area (Å²) < 4.78 is 7.00. The van der Waals surface area contributed by atoms with Crippen molar-refractivity contribution in [3.63, 3.8) is 0 Å². The number of rotatable bonds is 3. The smallest absolute Gasteiger partial charge is 0.206 e. The summed E-state index contributed by atoms with van der Waals surface area (Å²) in [5, 5.41) is 0. The van der Waals surface area contributed by atoms with Crippen LogP contribution in [0.5, 0.6) is 5.75 Å². The highest BCUT2D eigenvalue weighted by molar-refractivity contribution is 9.11. The third kappa shape index (κ3) is 2.78. The highest BCUT2D eigenvalue weighted by atomic mass is 79.9. The minimum absolute atomic E-state index is 0.0288. The Bertz CT molecular complexity index is 563. The van der Waals surface area contributed by atoms with Crippen molar-refractivity contribution in [1.82, 2.24) is 0 Å². The van der Waals surface area contributed by atoms with Crippen LogP contribution in [0, 0.1) is 0 Å². The van der Waals surface area contributed by atoms with Crippen molar-refractivity contribution in [1.29, 1.82) is 0 Å². The summed E-state index contributed by atoms with van der Waals surface area (Å²) >= 11 is 8.12. The van der Waals surface area contributed by atoms with E-state index in [1.165, 1.54) is 11.3 Å². The van der Waals surface area contributed by atoms with Gasteiger partial charge in [-0.05, 0) is 46.3 Å². The molecule has 0 aliphatic rings. The van der Waals surface area contributed by atoms with Crippen molar-refractivity contribution in [3.8, 4) is 5.75 Å². The van der Waals surface area contributed by atoms with E-state index in [-0.39, 0.29) is 5.78 Å². The van der Waals surface area contributed by atoms with E-state index in [0.29, 0.717) is 16.2 Å². The Morgan fingerprint density at radius 2 is 2.00 bits per heavy atom. The van der Waals surface area contributed by atoms with Crippen LogP contribution in [0.2, 0.25) is 0 Å². The second kappa shape index (κ2) is 5.33. The summed E-state index contributed by atoms with van der Waals surface area (Å²) in [5.74, 6) is 0.557. The molecule has 0 bridgehead atoms. The van der Waals surface area contributed by atoms with Gasteiger partial charge in [-0.2, -0.15) is 0 Å². The zero-order chi connectivity index (χ0) is 12.4. The van der Waals surface area contributed by atoms with Crippen LogP contribution in [0.4, 0.5) is 0 Å². The highest BCUT2D eigenvalue weighted by Gasteiger charge is 2.16. The van der Waals surface area contributed by atoms with Crippen LogP contribution >= 0.6 is 43.2 Å². The van der Waals surface area contributed by atoms with Crippen molar-refractivity contribution in [2.75, 3.05) is 7.11 Å². The van der Waals surface area contributed by atoms with Crippen molar-refractivity contribution >= 4 is 49.0 Å². The van der Waals surface area contributed by atoms with Gasteiger partial charge in [0, 0.05) is 4.47 Å². The van der Waals surface area contributed by atoms with Crippen LogP contribution < -0.4 is 4.74 Å². The Kier molecular flexibility index (Phi) is 4.01. The molecule has 5 heteroatoms. The van der Waals surface area contributed by atoms with E-state index < -0.39 is 0 Å². The predicted octanol–water partition coefficient (Wildman–Crippen LogP) is 4.51. The largest absolute Gasteiger partial charge is 0.496 e. The summed E-state index contributed by atoms with van der Waals surface area (Å²) in [6.07, 6.45) is 0. The lowest BCUT2D eigenvalue weighted by atomic mass is 10.1. The monoisotopic (exact) mass is 374 g/mol. The first-order valence-corrected chi connectivity index (χ1v) is 7.15. The van der Waals surface area contributed by atoms with Gasteiger partial charge in [0.2, 0.25) is 5.78 Å². The maximum Gasteiger partial charge on any atom is 0.206 e. The second-order valence-corrected chi connectivity index (χ2v) is 6.66. The minimum Gasteiger partial charge on any atom is -0.496 e. The van der Waals surface area contributed by atoms with Crippen molar-refractivity contribution in [2.24, 2.45) is 0 Å². The van der Waals surface area contributed by atoms with Gasteiger partial charge in [0.1, 0.15) is 5.75 Å². The van der Waals surface area contributed by atoms with E-state index in [1.807, 2.05) is 12.1 Å². The Hall–Kier alpha value is -0.650. The Labute approximate surface area is 120 Å². The van der Waals surface area contributed by atoms with Crippen LogP contribution in [0.25, 0.3) is 0 Å². The molecular weight excluding hydrogens is 368 g/mol. The summed E-state index contributed by atoms with van der Waals surface area (Å²) in [7, 11) is 1.56. The van der Waals surface area contributed by atoms with Crippen LogP contribution in [-0.4, -0.2) is 12.9 Å². The van der Waals surface area contributed by atoms with Crippen LogP contribution in [0.1, 0.15) is 15.2 Å². The zero-order valence-corrected chi connectivity index (χ0v) is 12.9. The Morgan fingerprint density at radius 3 is 2.59 bits per heavy atom. The molecule has 0 saturated heterocycles. The van der Waals surface area contributed by atoms with Gasteiger partial charge in [0.25, 0.3) is 0 Å². The third-order valence-corrected chi connectivity index (χ3v) is 4.32. The van der Waals surface area contributed by atoms with Crippen molar-refractivity contribution in [3.05, 3.63) is 49.0 Å². The fourth-order valence-corrected chi connectivity index (χ4v) is 3.13. The lowest BCUT2D eigenvalue weighted by Crippen LogP contribution is -2.01. The van der Waals surface area contributed by atoms with Gasteiger partial charge in [-0.3, -0.25) is 4.79 Å². The van der Waals surface area contributed by atoms with Crippen LogP contribution in [0.15, 0.2) is 38.6 Å². The molecule has 17 heavy (non-hydrogen) atoms. The number of halogens is 2. The number of hydrogen-bond acceptors (Lipinski definition) is 3. The molecule has 0 saturated carbocycles. The number of hydrogen-bond donors (Lipinski definition) is 0. The average Bonchev–Trinajstić information content (AvgIpc) is 2.75. The highest BCUT2D eigenvalue weighted by Crippen LogP contribution is 2.29. The fraction of sp³-hybridized carbons (Fsp3) is 0.0833. The van der Waals surface area contributed by atoms with Crippen molar-refractivity contribution < 1.29 is 9.53 Å². The first-order valence-electron chi connectivity index (χ1n) is 4.75. The quantitative estimate of drug-likeness (QED) is 0.737. The topological polar surface area (TPSA) is 26.3 Å². The van der Waals surface area contributed by atoms with Gasteiger partial charge in [-0.1, -0.05) is 15.9 Å². The summed E-state index contributed by atoms with van der Waals surface area (Å²) in [5.41, 5.74) is 0.566. The molecule has 0 atom stereocenters. The zero-order valence-electron chi connectivity index (χ0n) is 8.87. The molecule has 0 unspecified atom stereocenters. The number of ether oxygens (including phenoxy) is 1. The maximum atomic E-state index is 12.3. The normalized spacial score (nSPS) is 10.3. The van der Waals surface area contributed by atoms with Gasteiger partial charge in [0.05, 0.1) is 21.3 Å². The van der Waals surface area contributed by atoms with E-state index in [2.05, 4.69) is 31.9 Å². The Balaban J connectivity index is 2.46. The molecule has 0 aliphatic carbocycles. The molecule has 88 valence electrons. The molecule has 2 aromatic rings. The second-order valence-electron chi connectivity index (χ2n) is 3.28. The molecule has 0 N–H and O–H groups in total. The minimum atomic E-state index is -0.0288. The molecule has 2 rings (SSSR count). The first kappa shape index (κ1) is 12.8. The molecule has 1 aromatic heterocycles. The molecule has 1 aromatic carbocycles. The predicted molar refractivity (Wildman–Crippen MR) is 76.1 cm³/mol. The standard InChI is InChI=1S/C12H8Br2O2S/c1-16-9-3-2-7(13)6-8(9)12(15)10-4-5-11(14)17-10/h2-6H,1H3. The molecule has 2 nitrogen and oxygen atoms in total. The average molecular weight is 376 g/mol. The number of thiophene rings is 1. The van der Waals surface area contributed by atoms with Crippen LogP contribution in [-0.2, 0) is 0 Å². The van der Waals surface area contributed by atoms with Gasteiger partial charge in [-0.15, -0.1) is 11.3 Å². The number of carbonyl (C=O) groups is 1. The summed E-state index contributed by atoms with van der Waals surface area (Å²) in [6, 6.07) is 9.06. The summed E-state index contributed by atoms with van der Waals surface area (Å²) in [6.45, 7) is 0. The van der Waals surface area contributed by atoms with E-state index in [4.69, 9.17) is 4.74 Å². The molecule has 0 radical (unpaired) electrons. The Morgan fingerprint density at radius 1 is 1.24 bits per heavy atom. The van der Waals surface area contributed by atoms with E-state index >= 15 is 0 Å². The molecule has 0 fully saturated rings. The van der Waals surface area contributed by atoms with E-state index in [1.54, 1.807) is 25.3 Å². The number of carbonyl (C=O) groups excluding carboxylic acids is 1. The molecule has 0 aliphatic heterocycles. The maximum absolute atomic E-state index is 12.3. The van der Waals surface area contributed by atoms with E-state index in [0.717, 1.165) is 8.26 Å². The van der Waals surface area contributed by atoms with Gasteiger partial charge in [-0.25, -0.2) is 0 Å². The SMILES string of the molecule is COc1ccc(Br)cc1C(=O)c1ccc(Br)s1. The van der Waals surface area contributed by atoms with Crippen molar-refractivity contribution in [2.45, 2.75) is 0 Å². The van der Waals surface area contributed by atoms with Gasteiger partial charge in [0.15, 0.2) is 0 Å². The number of ketones is 1. The van der Waals surface area contributed by atoms with Gasteiger partial charge >= 0.3 is 0 Å². The number of benzene rings is 1.